The van der Waals surface area contributed by atoms with Crippen LogP contribution in [0.3, 0.4) is 0 Å². The molecule has 7 heteroatoms. The fraction of sp³-hybridized carbons (Fsp3) is 0.568. The number of aryl methyl sites for hydroxylation is 2. The van der Waals surface area contributed by atoms with Gasteiger partial charge in [0.1, 0.15) is 11.9 Å². The van der Waals surface area contributed by atoms with Gasteiger partial charge >= 0.3 is 5.97 Å². The number of hydrogen-bond donors (Lipinski definition) is 1. The number of piperidine rings is 1. The van der Waals surface area contributed by atoms with E-state index in [-0.39, 0.29) is 17.8 Å². The molecule has 236 valence electrons. The Hall–Kier alpha value is -3.03. The largest absolute Gasteiger partial charge is 0.480 e. The topological polar surface area (TPSA) is 61.6 Å². The normalized spacial score (nSPS) is 23.2. The number of aliphatic carboxylic acids is 1. The minimum Gasteiger partial charge on any atom is -0.480 e. The second-order valence-electron chi connectivity index (χ2n) is 13.6. The lowest BCUT2D eigenvalue weighted by Gasteiger charge is -2.35. The molecule has 3 fully saturated rings. The molecule has 44 heavy (non-hydrogen) atoms. The lowest BCUT2D eigenvalue weighted by atomic mass is 9.83. The molecule has 1 aliphatic carbocycles. The Kier molecular flexibility index (Phi) is 9.82. The van der Waals surface area contributed by atoms with Crippen molar-refractivity contribution in [1.29, 1.82) is 0 Å². The smallest absolute Gasteiger partial charge is 0.321 e. The zero-order valence-corrected chi connectivity index (χ0v) is 26.5. The van der Waals surface area contributed by atoms with Gasteiger partial charge in [0, 0.05) is 50.1 Å². The number of halogens is 1. The van der Waals surface area contributed by atoms with E-state index in [4.69, 9.17) is 5.10 Å². The van der Waals surface area contributed by atoms with Crippen LogP contribution in [-0.2, 0) is 17.8 Å². The van der Waals surface area contributed by atoms with E-state index < -0.39 is 5.97 Å². The summed E-state index contributed by atoms with van der Waals surface area (Å²) < 4.78 is 16.4. The summed E-state index contributed by atoms with van der Waals surface area (Å²) in [7, 11) is 0. The van der Waals surface area contributed by atoms with Crippen LogP contribution in [0.2, 0.25) is 0 Å². The van der Waals surface area contributed by atoms with Gasteiger partial charge in [-0.25, -0.2) is 4.39 Å². The van der Waals surface area contributed by atoms with Crippen LogP contribution in [0.1, 0.15) is 91.8 Å². The van der Waals surface area contributed by atoms with E-state index in [9.17, 15) is 14.3 Å². The van der Waals surface area contributed by atoms with E-state index in [1.165, 1.54) is 29.3 Å². The molecule has 3 atom stereocenters. The van der Waals surface area contributed by atoms with Crippen LogP contribution in [0, 0.1) is 24.6 Å². The molecule has 3 heterocycles. The quantitative estimate of drug-likeness (QED) is 0.275. The van der Waals surface area contributed by atoms with Gasteiger partial charge in [-0.1, -0.05) is 67.3 Å². The van der Waals surface area contributed by atoms with Crippen LogP contribution in [0.15, 0.2) is 54.6 Å². The Bertz CT molecular complexity index is 1410. The van der Waals surface area contributed by atoms with Gasteiger partial charge in [-0.3, -0.25) is 14.4 Å². The minimum atomic E-state index is -0.636. The molecule has 0 unspecified atom stereocenters. The number of carbonyl (C=O) groups is 1. The van der Waals surface area contributed by atoms with Crippen LogP contribution in [-0.4, -0.2) is 69.4 Å². The van der Waals surface area contributed by atoms with Gasteiger partial charge in [0.2, 0.25) is 0 Å². The molecule has 1 saturated carbocycles. The molecule has 2 aromatic carbocycles. The van der Waals surface area contributed by atoms with Gasteiger partial charge in [-0.15, -0.1) is 0 Å². The van der Waals surface area contributed by atoms with E-state index >= 15 is 0 Å². The minimum absolute atomic E-state index is 0.170. The van der Waals surface area contributed by atoms with Gasteiger partial charge in [-0.2, -0.15) is 5.10 Å². The van der Waals surface area contributed by atoms with Gasteiger partial charge in [0.05, 0.1) is 5.69 Å². The first-order valence-electron chi connectivity index (χ1n) is 17.0. The van der Waals surface area contributed by atoms with Crippen LogP contribution < -0.4 is 0 Å². The van der Waals surface area contributed by atoms with Crippen molar-refractivity contribution in [2.75, 3.05) is 32.7 Å². The van der Waals surface area contributed by atoms with Gasteiger partial charge < -0.3 is 10.0 Å². The molecule has 0 spiro atoms. The molecule has 2 saturated heterocycles. The third-order valence-electron chi connectivity index (χ3n) is 10.7. The zero-order chi connectivity index (χ0) is 30.6. The highest BCUT2D eigenvalue weighted by Crippen LogP contribution is 2.39. The van der Waals surface area contributed by atoms with Crippen LogP contribution >= 0.6 is 0 Å². The fourth-order valence-corrected chi connectivity index (χ4v) is 8.44. The monoisotopic (exact) mass is 600 g/mol. The number of likely N-dealkylation sites (tertiary alicyclic amines) is 2. The second kappa shape index (κ2) is 13.9. The lowest BCUT2D eigenvalue weighted by molar-refractivity contribution is -0.145. The van der Waals surface area contributed by atoms with E-state index in [1.807, 2.05) is 12.1 Å². The van der Waals surface area contributed by atoms with E-state index in [0.717, 1.165) is 83.5 Å². The molecule has 3 aromatic rings. The number of carboxylic acids is 1. The maximum absolute atomic E-state index is 14.3. The van der Waals surface area contributed by atoms with Crippen molar-refractivity contribution in [2.24, 2.45) is 11.8 Å². The van der Waals surface area contributed by atoms with Crippen molar-refractivity contribution in [3.05, 3.63) is 88.5 Å². The number of carboxylic acid groups (broad SMARTS) is 1. The Morgan fingerprint density at radius 2 is 1.77 bits per heavy atom. The first-order valence-corrected chi connectivity index (χ1v) is 17.0. The van der Waals surface area contributed by atoms with E-state index in [1.54, 1.807) is 6.07 Å². The summed E-state index contributed by atoms with van der Waals surface area (Å²) in [5.74, 6) is 0.663. The number of nitrogens with zero attached hydrogens (tertiary/aromatic N) is 4. The summed E-state index contributed by atoms with van der Waals surface area (Å²) >= 11 is 0. The van der Waals surface area contributed by atoms with Gasteiger partial charge in [-0.05, 0) is 87.7 Å². The maximum Gasteiger partial charge on any atom is 0.321 e. The molecule has 0 bridgehead atoms. The van der Waals surface area contributed by atoms with E-state index in [2.05, 4.69) is 58.7 Å². The molecule has 6 rings (SSSR count). The van der Waals surface area contributed by atoms with Crippen molar-refractivity contribution in [2.45, 2.75) is 89.6 Å². The standard InChI is InChI=1S/C37H49FN4O2/c1-3-42-35(22-32(39-42)21-30-13-7-8-15-34(30)38)27-16-18-40(19-17-27)23-31-24-41(25-33(31)29-14-9-10-26(2)20-29)36(37(43)44)28-11-5-4-6-12-28/h7-10,13-15,20,22,27-28,31,33,36H,3-6,11-12,16-19,21,23-25H2,1-2H3,(H,43,44)/t31-,33+,36+/m0/s1. The maximum atomic E-state index is 14.3. The first kappa shape index (κ1) is 31.0. The molecule has 2 aliphatic heterocycles. The van der Waals surface area contributed by atoms with Crippen molar-refractivity contribution < 1.29 is 14.3 Å². The summed E-state index contributed by atoms with van der Waals surface area (Å²) in [4.78, 5) is 17.6. The molecule has 6 nitrogen and oxygen atoms in total. The fourth-order valence-electron chi connectivity index (χ4n) is 8.44. The van der Waals surface area contributed by atoms with Crippen LogP contribution in [0.25, 0.3) is 0 Å². The third-order valence-corrected chi connectivity index (χ3v) is 10.7. The predicted molar refractivity (Wildman–Crippen MR) is 173 cm³/mol. The first-order chi connectivity index (χ1) is 21.4. The van der Waals surface area contributed by atoms with Crippen LogP contribution in [0.4, 0.5) is 4.39 Å². The van der Waals surface area contributed by atoms with Gasteiger partial charge in [0.25, 0.3) is 0 Å². The zero-order valence-electron chi connectivity index (χ0n) is 26.5. The summed E-state index contributed by atoms with van der Waals surface area (Å²) in [6.07, 6.45) is 8.30. The molecule has 3 aliphatic rings. The average Bonchev–Trinajstić information content (AvgIpc) is 3.63. The number of rotatable bonds is 10. The van der Waals surface area contributed by atoms with Crippen molar-refractivity contribution in [3.63, 3.8) is 0 Å². The Morgan fingerprint density at radius 3 is 2.48 bits per heavy atom. The third kappa shape index (κ3) is 6.94. The highest BCUT2D eigenvalue weighted by Gasteiger charge is 2.43. The number of benzene rings is 2. The van der Waals surface area contributed by atoms with Gasteiger partial charge in [0.15, 0.2) is 0 Å². The predicted octanol–water partition coefficient (Wildman–Crippen LogP) is 6.87. The highest BCUT2D eigenvalue weighted by molar-refractivity contribution is 5.74. The molecule has 1 aromatic heterocycles. The Labute approximate surface area is 262 Å². The number of aromatic nitrogens is 2. The second-order valence-corrected chi connectivity index (χ2v) is 13.6. The molecule has 0 amide bonds. The summed E-state index contributed by atoms with van der Waals surface area (Å²) in [5.41, 5.74) is 5.53. The molecular formula is C37H49FN4O2. The Morgan fingerprint density at radius 1 is 1.00 bits per heavy atom. The average molecular weight is 601 g/mol. The highest BCUT2D eigenvalue weighted by atomic mass is 19.1. The molecule has 1 N–H and O–H groups in total. The lowest BCUT2D eigenvalue weighted by Crippen LogP contribution is -2.46. The summed E-state index contributed by atoms with van der Waals surface area (Å²) in [6.45, 7) is 9.86. The Balaban J connectivity index is 1.13. The van der Waals surface area contributed by atoms with E-state index in [0.29, 0.717) is 29.7 Å². The SMILES string of the molecule is CCn1nc(Cc2ccccc2F)cc1C1CCN(C[C@H]2CN([C@@H](C(=O)O)C3CCCCC3)C[C@@H]2c2cccc(C)c2)CC1. The van der Waals surface area contributed by atoms with Crippen LogP contribution in [0.5, 0.6) is 0 Å². The van der Waals surface area contributed by atoms with Crippen molar-refractivity contribution in [3.8, 4) is 0 Å². The molecule has 0 radical (unpaired) electrons. The summed E-state index contributed by atoms with van der Waals surface area (Å²) in [5, 5.41) is 15.2. The van der Waals surface area contributed by atoms with Crippen molar-refractivity contribution in [1.82, 2.24) is 19.6 Å². The van der Waals surface area contributed by atoms with Crippen molar-refractivity contribution >= 4 is 5.97 Å². The molecular weight excluding hydrogens is 551 g/mol. The summed E-state index contributed by atoms with van der Waals surface area (Å²) in [6, 6.07) is 17.7. The number of hydrogen-bond acceptors (Lipinski definition) is 4.